The highest BCUT2D eigenvalue weighted by Gasteiger charge is 2.25. The van der Waals surface area contributed by atoms with E-state index in [0.29, 0.717) is 18.8 Å². The molecule has 1 N–H and O–H groups in total. The van der Waals surface area contributed by atoms with Gasteiger partial charge in [-0.05, 0) is 37.5 Å². The smallest absolute Gasteiger partial charge is 0.242 e. The third kappa shape index (κ3) is 7.39. The van der Waals surface area contributed by atoms with Crippen molar-refractivity contribution in [2.45, 2.75) is 44.0 Å². The average Bonchev–Trinajstić information content (AvgIpc) is 2.73. The number of unbranched alkanes of at least 4 members (excludes halogenated alkanes) is 1. The van der Waals surface area contributed by atoms with Gasteiger partial charge >= 0.3 is 0 Å². The van der Waals surface area contributed by atoms with Gasteiger partial charge in [0.1, 0.15) is 6.04 Å². The first-order chi connectivity index (χ1) is 13.6. The quantitative estimate of drug-likeness (QED) is 0.457. The van der Waals surface area contributed by atoms with E-state index in [1.807, 2.05) is 67.6 Å². The predicted molar refractivity (Wildman–Crippen MR) is 116 cm³/mol. The van der Waals surface area contributed by atoms with Crippen LogP contribution in [-0.2, 0) is 16.0 Å². The van der Waals surface area contributed by atoms with E-state index in [2.05, 4.69) is 12.2 Å². The third-order valence-corrected chi connectivity index (χ3v) is 5.58. The van der Waals surface area contributed by atoms with E-state index >= 15 is 0 Å². The molecule has 0 spiro atoms. The summed E-state index contributed by atoms with van der Waals surface area (Å²) in [7, 11) is 0. The van der Waals surface area contributed by atoms with Crippen LogP contribution in [0.15, 0.2) is 65.6 Å². The molecular weight excluding hydrogens is 368 g/mol. The van der Waals surface area contributed by atoms with Gasteiger partial charge in [0.25, 0.3) is 0 Å². The van der Waals surface area contributed by atoms with Crippen molar-refractivity contribution in [1.82, 2.24) is 10.2 Å². The standard InChI is InChI=1S/C23H30N2O2S/c1-3-4-16-24-23(27)19(2)25(17-15-20-11-7-5-8-12-20)22(26)18-28-21-13-9-6-10-14-21/h5-14,19H,3-4,15-18H2,1-2H3,(H,24,27)/t19-/m1/s1. The molecule has 2 amide bonds. The Morgan fingerprint density at radius 3 is 2.32 bits per heavy atom. The molecule has 0 radical (unpaired) electrons. The first kappa shape index (κ1) is 22.0. The normalized spacial score (nSPS) is 11.6. The van der Waals surface area contributed by atoms with Gasteiger partial charge in [0.05, 0.1) is 5.75 Å². The van der Waals surface area contributed by atoms with Gasteiger partial charge in [-0.1, -0.05) is 61.9 Å². The van der Waals surface area contributed by atoms with E-state index < -0.39 is 6.04 Å². The van der Waals surface area contributed by atoms with E-state index in [1.165, 1.54) is 11.8 Å². The fourth-order valence-electron chi connectivity index (χ4n) is 2.85. The lowest BCUT2D eigenvalue weighted by atomic mass is 10.1. The van der Waals surface area contributed by atoms with Crippen LogP contribution in [-0.4, -0.2) is 41.6 Å². The SMILES string of the molecule is CCCCNC(=O)[C@@H](C)N(CCc1ccccc1)C(=O)CSc1ccccc1. The number of rotatable bonds is 11. The summed E-state index contributed by atoms with van der Waals surface area (Å²) in [4.78, 5) is 28.2. The second-order valence-corrected chi connectivity index (χ2v) is 7.79. The van der Waals surface area contributed by atoms with Crippen LogP contribution in [0.4, 0.5) is 0 Å². The van der Waals surface area contributed by atoms with Gasteiger partial charge < -0.3 is 10.2 Å². The molecule has 0 heterocycles. The number of hydrogen-bond acceptors (Lipinski definition) is 3. The third-order valence-electron chi connectivity index (χ3n) is 4.59. The number of amides is 2. The zero-order chi connectivity index (χ0) is 20.2. The van der Waals surface area contributed by atoms with Crippen LogP contribution in [0.1, 0.15) is 32.3 Å². The van der Waals surface area contributed by atoms with Crippen LogP contribution in [0.3, 0.4) is 0 Å². The molecule has 0 aliphatic rings. The highest BCUT2D eigenvalue weighted by Crippen LogP contribution is 2.18. The van der Waals surface area contributed by atoms with Gasteiger partial charge in [0.2, 0.25) is 11.8 Å². The first-order valence-electron chi connectivity index (χ1n) is 9.90. The van der Waals surface area contributed by atoms with E-state index in [1.54, 1.807) is 4.90 Å². The predicted octanol–water partition coefficient (Wildman–Crippen LogP) is 4.15. The molecule has 4 nitrogen and oxygen atoms in total. The Labute approximate surface area is 172 Å². The zero-order valence-corrected chi connectivity index (χ0v) is 17.6. The lowest BCUT2D eigenvalue weighted by Gasteiger charge is -2.28. The van der Waals surface area contributed by atoms with Crippen molar-refractivity contribution < 1.29 is 9.59 Å². The summed E-state index contributed by atoms with van der Waals surface area (Å²) in [5.41, 5.74) is 1.16. The van der Waals surface area contributed by atoms with Crippen LogP contribution in [0.25, 0.3) is 0 Å². The fourth-order valence-corrected chi connectivity index (χ4v) is 3.66. The summed E-state index contributed by atoms with van der Waals surface area (Å²) in [6, 6.07) is 19.5. The van der Waals surface area contributed by atoms with Crippen molar-refractivity contribution in [1.29, 1.82) is 0 Å². The van der Waals surface area contributed by atoms with Gasteiger partial charge in [0, 0.05) is 18.0 Å². The van der Waals surface area contributed by atoms with Gasteiger partial charge in [-0.3, -0.25) is 9.59 Å². The zero-order valence-electron chi connectivity index (χ0n) is 16.8. The minimum atomic E-state index is -0.482. The number of nitrogens with one attached hydrogen (secondary N) is 1. The molecule has 0 aromatic heterocycles. The minimum absolute atomic E-state index is 0.0112. The maximum Gasteiger partial charge on any atom is 0.242 e. The molecule has 0 aliphatic carbocycles. The summed E-state index contributed by atoms with van der Waals surface area (Å²) in [5, 5.41) is 2.95. The maximum absolute atomic E-state index is 12.9. The molecule has 0 unspecified atom stereocenters. The second-order valence-electron chi connectivity index (χ2n) is 6.75. The Morgan fingerprint density at radius 2 is 1.68 bits per heavy atom. The lowest BCUT2D eigenvalue weighted by Crippen LogP contribution is -2.49. The van der Waals surface area contributed by atoms with Crippen molar-refractivity contribution in [2.24, 2.45) is 0 Å². The van der Waals surface area contributed by atoms with Crippen LogP contribution in [0, 0.1) is 0 Å². The summed E-state index contributed by atoms with van der Waals surface area (Å²) in [6.07, 6.45) is 2.70. The van der Waals surface area contributed by atoms with E-state index in [-0.39, 0.29) is 11.8 Å². The molecular formula is C23H30N2O2S. The Bertz CT molecular complexity index is 722. The van der Waals surface area contributed by atoms with Crippen LogP contribution in [0.2, 0.25) is 0 Å². The molecule has 28 heavy (non-hydrogen) atoms. The molecule has 2 aromatic carbocycles. The Balaban J connectivity index is 2.00. The van der Waals surface area contributed by atoms with Crippen molar-refractivity contribution in [2.75, 3.05) is 18.8 Å². The monoisotopic (exact) mass is 398 g/mol. The first-order valence-corrected chi connectivity index (χ1v) is 10.9. The molecule has 2 aromatic rings. The highest BCUT2D eigenvalue weighted by molar-refractivity contribution is 8.00. The molecule has 0 saturated carbocycles. The van der Waals surface area contributed by atoms with E-state index in [4.69, 9.17) is 0 Å². The second kappa shape index (κ2) is 12.2. The maximum atomic E-state index is 12.9. The molecule has 0 bridgehead atoms. The average molecular weight is 399 g/mol. The van der Waals surface area contributed by atoms with Crippen molar-refractivity contribution in [3.63, 3.8) is 0 Å². The Kier molecular flexibility index (Phi) is 9.63. The largest absolute Gasteiger partial charge is 0.354 e. The van der Waals surface area contributed by atoms with Crippen LogP contribution < -0.4 is 5.32 Å². The molecule has 5 heteroatoms. The number of carbonyl (C=O) groups is 2. The summed E-state index contributed by atoms with van der Waals surface area (Å²) in [5.74, 6) is 0.230. The number of nitrogens with zero attached hydrogens (tertiary/aromatic N) is 1. The molecule has 0 saturated heterocycles. The van der Waals surface area contributed by atoms with Gasteiger partial charge in [-0.25, -0.2) is 0 Å². The lowest BCUT2D eigenvalue weighted by molar-refractivity contribution is -0.137. The number of benzene rings is 2. The van der Waals surface area contributed by atoms with Crippen LogP contribution >= 0.6 is 11.8 Å². The Hall–Kier alpha value is -2.27. The minimum Gasteiger partial charge on any atom is -0.354 e. The van der Waals surface area contributed by atoms with Crippen molar-refractivity contribution in [3.8, 4) is 0 Å². The van der Waals surface area contributed by atoms with Gasteiger partial charge in [-0.2, -0.15) is 0 Å². The molecule has 1 atom stereocenters. The van der Waals surface area contributed by atoms with E-state index in [0.717, 1.165) is 29.7 Å². The topological polar surface area (TPSA) is 49.4 Å². The van der Waals surface area contributed by atoms with E-state index in [9.17, 15) is 9.59 Å². The fraction of sp³-hybridized carbons (Fsp3) is 0.391. The van der Waals surface area contributed by atoms with Crippen molar-refractivity contribution >= 4 is 23.6 Å². The molecule has 2 rings (SSSR count). The van der Waals surface area contributed by atoms with Gasteiger partial charge in [-0.15, -0.1) is 11.8 Å². The summed E-state index contributed by atoms with van der Waals surface area (Å²) in [6.45, 7) is 5.09. The number of thioether (sulfide) groups is 1. The van der Waals surface area contributed by atoms with Gasteiger partial charge in [0.15, 0.2) is 0 Å². The summed E-state index contributed by atoms with van der Waals surface area (Å²) < 4.78 is 0. The van der Waals surface area contributed by atoms with Crippen LogP contribution in [0.5, 0.6) is 0 Å². The highest BCUT2D eigenvalue weighted by atomic mass is 32.2. The molecule has 0 fully saturated rings. The number of carbonyl (C=O) groups excluding carboxylic acids is 2. The Morgan fingerprint density at radius 1 is 1.04 bits per heavy atom. The number of hydrogen-bond donors (Lipinski definition) is 1. The molecule has 150 valence electrons. The van der Waals surface area contributed by atoms with Crippen molar-refractivity contribution in [3.05, 3.63) is 66.2 Å². The summed E-state index contributed by atoms with van der Waals surface area (Å²) >= 11 is 1.51. The molecule has 0 aliphatic heterocycles.